The zero-order valence-corrected chi connectivity index (χ0v) is 17.4. The molecule has 4 aliphatic carbocycles. The summed E-state index contributed by atoms with van der Waals surface area (Å²) in [5.41, 5.74) is -5.31. The van der Waals surface area contributed by atoms with Crippen molar-refractivity contribution in [3.63, 3.8) is 0 Å². The summed E-state index contributed by atoms with van der Waals surface area (Å²) < 4.78 is 34.9. The molecule has 0 amide bonds. The van der Waals surface area contributed by atoms with Crippen LogP contribution in [0.3, 0.4) is 0 Å². The summed E-state index contributed by atoms with van der Waals surface area (Å²) in [7, 11) is 0. The summed E-state index contributed by atoms with van der Waals surface area (Å²) in [5.74, 6) is -1.29. The Balaban J connectivity index is 1.51. The Morgan fingerprint density at radius 3 is 2.70 bits per heavy atom. The van der Waals surface area contributed by atoms with E-state index < -0.39 is 52.0 Å². The minimum absolute atomic E-state index is 0.0717. The minimum atomic E-state index is -1.94. The van der Waals surface area contributed by atoms with Gasteiger partial charge in [-0.25, -0.2) is 9.18 Å². The van der Waals surface area contributed by atoms with Crippen molar-refractivity contribution in [1.29, 1.82) is 0 Å². The van der Waals surface area contributed by atoms with Gasteiger partial charge >= 0.3 is 5.97 Å². The van der Waals surface area contributed by atoms with E-state index in [0.29, 0.717) is 19.3 Å². The van der Waals surface area contributed by atoms with Crippen molar-refractivity contribution < 1.29 is 33.3 Å². The van der Waals surface area contributed by atoms with Gasteiger partial charge in [0.2, 0.25) is 5.60 Å². The summed E-state index contributed by atoms with van der Waals surface area (Å²) in [6.45, 7) is 5.59. The Morgan fingerprint density at radius 2 is 1.93 bits per heavy atom. The van der Waals surface area contributed by atoms with E-state index in [9.17, 15) is 14.7 Å². The van der Waals surface area contributed by atoms with E-state index in [0.717, 1.165) is 5.57 Å². The number of aliphatic hydroxyl groups is 1. The highest BCUT2D eigenvalue weighted by Crippen LogP contribution is 2.75. The van der Waals surface area contributed by atoms with E-state index in [1.165, 1.54) is 12.2 Å². The summed E-state index contributed by atoms with van der Waals surface area (Å²) in [4.78, 5) is 25.0. The summed E-state index contributed by atoms with van der Waals surface area (Å²) in [6.07, 6.45) is 4.33. The molecule has 6 nitrogen and oxygen atoms in total. The van der Waals surface area contributed by atoms with Crippen LogP contribution in [0.15, 0.2) is 23.8 Å². The number of hydrogen-bond donors (Lipinski definition) is 1. The number of aliphatic hydroxyl groups excluding tert-OH is 1. The first-order chi connectivity index (χ1) is 14.0. The van der Waals surface area contributed by atoms with Crippen LogP contribution in [-0.2, 0) is 23.8 Å². The van der Waals surface area contributed by atoms with Gasteiger partial charge in [-0.3, -0.25) is 4.79 Å². The lowest BCUT2D eigenvalue weighted by molar-refractivity contribution is -0.234. The quantitative estimate of drug-likeness (QED) is 0.609. The molecule has 2 aliphatic heterocycles. The number of esters is 1. The molecule has 2 heterocycles. The molecule has 3 saturated carbocycles. The molecule has 0 aromatic rings. The van der Waals surface area contributed by atoms with Gasteiger partial charge in [-0.05, 0) is 57.6 Å². The third-order valence-electron chi connectivity index (χ3n) is 9.48. The van der Waals surface area contributed by atoms with Crippen LogP contribution >= 0.6 is 0 Å². The fraction of sp³-hybridized carbons (Fsp3) is 0.739. The highest BCUT2D eigenvalue weighted by molar-refractivity contribution is 6.01. The number of rotatable bonds is 0. The van der Waals surface area contributed by atoms with Gasteiger partial charge in [0.05, 0.1) is 6.10 Å². The van der Waals surface area contributed by atoms with Crippen LogP contribution in [0, 0.1) is 22.7 Å². The molecule has 162 valence electrons. The van der Waals surface area contributed by atoms with Crippen LogP contribution < -0.4 is 0 Å². The van der Waals surface area contributed by atoms with Gasteiger partial charge in [-0.1, -0.05) is 18.6 Å². The van der Waals surface area contributed by atoms with Crippen molar-refractivity contribution in [1.82, 2.24) is 0 Å². The van der Waals surface area contributed by atoms with Gasteiger partial charge in [0.1, 0.15) is 12.2 Å². The van der Waals surface area contributed by atoms with E-state index in [1.54, 1.807) is 19.9 Å². The van der Waals surface area contributed by atoms with E-state index in [4.69, 9.17) is 14.2 Å². The molecular weight excluding hydrogens is 391 g/mol. The van der Waals surface area contributed by atoms with E-state index in [2.05, 4.69) is 0 Å². The summed E-state index contributed by atoms with van der Waals surface area (Å²) in [5, 5.41) is 11.4. The summed E-state index contributed by atoms with van der Waals surface area (Å²) in [6, 6.07) is 0. The molecule has 0 aromatic heterocycles. The van der Waals surface area contributed by atoms with Crippen LogP contribution in [-0.4, -0.2) is 52.7 Å². The maximum Gasteiger partial charge on any atom is 0.342 e. The second-order valence-electron chi connectivity index (χ2n) is 10.5. The minimum Gasteiger partial charge on any atom is -0.460 e. The first-order valence-electron chi connectivity index (χ1n) is 10.9. The monoisotopic (exact) mass is 418 g/mol. The van der Waals surface area contributed by atoms with Gasteiger partial charge in [0, 0.05) is 16.7 Å². The molecule has 0 aromatic carbocycles. The topological polar surface area (TPSA) is 82.1 Å². The zero-order valence-electron chi connectivity index (χ0n) is 17.4. The van der Waals surface area contributed by atoms with Gasteiger partial charge in [0.25, 0.3) is 0 Å². The highest BCUT2D eigenvalue weighted by atomic mass is 19.1. The highest BCUT2D eigenvalue weighted by Gasteiger charge is 2.86. The molecule has 6 aliphatic rings. The van der Waals surface area contributed by atoms with Crippen LogP contribution in [0.1, 0.15) is 46.5 Å². The smallest absolute Gasteiger partial charge is 0.342 e. The van der Waals surface area contributed by atoms with Crippen LogP contribution in [0.2, 0.25) is 0 Å². The lowest BCUT2D eigenvalue weighted by Gasteiger charge is -2.62. The number of hydrogen-bond acceptors (Lipinski definition) is 6. The van der Waals surface area contributed by atoms with Gasteiger partial charge in [-0.2, -0.15) is 0 Å². The maximum absolute atomic E-state index is 17.1. The van der Waals surface area contributed by atoms with Crippen molar-refractivity contribution in [2.24, 2.45) is 22.7 Å². The number of ether oxygens (including phenoxy) is 3. The standard InChI is InChI=1S/C23H27FO6/c1-12-29-21-9-16-15-5-4-13-8-14(25)6-7-19(13,2)22(15,24)17(26)10-20(16,3)23(21,30-12)18(27)28-11-21/h6-8,12,15-17,26H,4-5,9-11H2,1-3H3/t12?,15-,16-,17-,19-,20-,21-,22-,23-/m0/s1. The molecule has 30 heavy (non-hydrogen) atoms. The molecule has 1 unspecified atom stereocenters. The predicted octanol–water partition coefficient (Wildman–Crippen LogP) is 2.39. The third kappa shape index (κ3) is 1.69. The van der Waals surface area contributed by atoms with Gasteiger partial charge < -0.3 is 19.3 Å². The predicted molar refractivity (Wildman–Crippen MR) is 102 cm³/mol. The number of cyclic esters (lactones) is 1. The fourth-order valence-electron chi connectivity index (χ4n) is 8.27. The SMILES string of the molecule is CC1O[C@@]23COC(=O)[C@]2(O1)[C@@]1(C)C[C@H](O)[C@@]2(F)[C@@H](CCC4=CC(=O)C=C[C@@]42C)[C@@H]1C3. The molecule has 7 heteroatoms. The van der Waals surface area contributed by atoms with Crippen molar-refractivity contribution in [3.8, 4) is 0 Å². The van der Waals surface area contributed by atoms with Crippen molar-refractivity contribution in [2.75, 3.05) is 6.61 Å². The molecule has 0 bridgehead atoms. The van der Waals surface area contributed by atoms with Crippen LogP contribution in [0.5, 0.6) is 0 Å². The zero-order chi connectivity index (χ0) is 21.3. The van der Waals surface area contributed by atoms with Crippen molar-refractivity contribution in [3.05, 3.63) is 23.8 Å². The third-order valence-corrected chi connectivity index (χ3v) is 9.48. The van der Waals surface area contributed by atoms with E-state index >= 15 is 4.39 Å². The average Bonchev–Trinajstić information content (AvgIpc) is 3.19. The first-order valence-corrected chi connectivity index (χ1v) is 10.9. The van der Waals surface area contributed by atoms with Crippen molar-refractivity contribution in [2.45, 2.75) is 75.7 Å². The number of alkyl halides is 1. The Bertz CT molecular complexity index is 944. The maximum atomic E-state index is 17.1. The number of halogens is 1. The fourth-order valence-corrected chi connectivity index (χ4v) is 8.27. The second-order valence-corrected chi connectivity index (χ2v) is 10.5. The van der Waals surface area contributed by atoms with Crippen LogP contribution in [0.25, 0.3) is 0 Å². The number of carbonyl (C=O) groups excluding carboxylic acids is 2. The Hall–Kier alpha value is -1.57. The van der Waals surface area contributed by atoms with Gasteiger partial charge in [0.15, 0.2) is 17.7 Å². The molecule has 9 atom stereocenters. The van der Waals surface area contributed by atoms with Crippen LogP contribution in [0.4, 0.5) is 4.39 Å². The first kappa shape index (κ1) is 19.1. The number of fused-ring (bicyclic) bond motifs is 5. The molecule has 5 fully saturated rings. The van der Waals surface area contributed by atoms with Gasteiger partial charge in [-0.15, -0.1) is 0 Å². The van der Waals surface area contributed by atoms with Crippen molar-refractivity contribution >= 4 is 11.8 Å². The molecule has 0 radical (unpaired) electrons. The normalized spacial score (nSPS) is 58.4. The average molecular weight is 418 g/mol. The van der Waals surface area contributed by atoms with E-state index in [-0.39, 0.29) is 24.7 Å². The molecular formula is C23H27FO6. The lowest BCUT2D eigenvalue weighted by atomic mass is 9.45. The number of carbonyl (C=O) groups is 2. The molecule has 0 spiro atoms. The molecule has 6 rings (SSSR count). The second kappa shape index (κ2) is 5.25. The number of ketones is 1. The molecule has 2 saturated heterocycles. The Morgan fingerprint density at radius 1 is 1.17 bits per heavy atom. The van der Waals surface area contributed by atoms with E-state index in [1.807, 2.05) is 6.92 Å². The lowest BCUT2D eigenvalue weighted by Crippen LogP contribution is -2.69. The largest absolute Gasteiger partial charge is 0.460 e. The summed E-state index contributed by atoms with van der Waals surface area (Å²) >= 11 is 0. The number of allylic oxidation sites excluding steroid dienone is 4. The Kier molecular flexibility index (Phi) is 3.35. The Labute approximate surface area is 174 Å². The molecule has 1 N–H and O–H groups in total.